The predicted molar refractivity (Wildman–Crippen MR) is 310 cm³/mol. The fourth-order valence-electron chi connectivity index (χ4n) is 5.52. The van der Waals surface area contributed by atoms with Gasteiger partial charge in [-0.3, -0.25) is 0 Å². The van der Waals surface area contributed by atoms with Gasteiger partial charge in [0.15, 0.2) is 0 Å². The Labute approximate surface area is 459 Å². The molecule has 0 spiro atoms. The number of rotatable bonds is 6. The molecule has 0 fully saturated rings. The molecule has 0 heterocycles. The Morgan fingerprint density at radius 3 is 0.902 bits per heavy atom. The van der Waals surface area contributed by atoms with Crippen molar-refractivity contribution in [3.8, 4) is 44.5 Å². The van der Waals surface area contributed by atoms with E-state index in [0.29, 0.717) is 7.14 Å². The van der Waals surface area contributed by atoms with Crippen LogP contribution in [0.3, 0.4) is 0 Å². The molecule has 0 saturated carbocycles. The van der Waals surface area contributed by atoms with Crippen LogP contribution in [0.5, 0.6) is 0 Å². The van der Waals surface area contributed by atoms with Crippen molar-refractivity contribution < 1.29 is 8.78 Å². The molecule has 260 valence electrons. The second-order valence-corrected chi connectivity index (χ2v) is 24.7. The average Bonchev–Trinajstić information content (AvgIpc) is 3.04. The molecule has 6 aromatic carbocycles. The maximum absolute atomic E-state index is 14.2. The first-order valence-electron chi connectivity index (χ1n) is 14.3. The molecule has 0 bridgehead atoms. The molecule has 0 radical (unpaired) electrons. The quantitative estimate of drug-likeness (QED) is 0.115. The summed E-state index contributed by atoms with van der Waals surface area (Å²) in [4.78, 5) is 0. The Morgan fingerprint density at radius 2 is 0.608 bits per heavy atom. The van der Waals surface area contributed by atoms with Crippen molar-refractivity contribution >= 4 is 271 Å². The van der Waals surface area contributed by atoms with Gasteiger partial charge in [0, 0.05) is 53.2 Å². The van der Waals surface area contributed by atoms with Crippen molar-refractivity contribution in [2.45, 2.75) is 6.42 Å². The SMILES string of the molecule is Fc1ccc(-c2cc(I)c(-c3cc(I)c(Cc4c(I)cc(-c5c(I)cc(-c6ccc(F)c(I)c6I)cc5I)cc4I)c(I)c3)c(I)c2)c(I)c1I. The highest BCUT2D eigenvalue weighted by molar-refractivity contribution is 14.1. The van der Waals surface area contributed by atoms with Crippen LogP contribution in [-0.2, 0) is 6.42 Å². The van der Waals surface area contributed by atoms with Crippen LogP contribution in [-0.4, -0.2) is 0 Å². The monoisotopic (exact) mass is 2020 g/mol. The van der Waals surface area contributed by atoms with E-state index in [1.165, 1.54) is 61.9 Å². The van der Waals surface area contributed by atoms with E-state index in [1.54, 1.807) is 12.1 Å². The van der Waals surface area contributed by atoms with E-state index >= 15 is 0 Å². The first kappa shape index (κ1) is 44.5. The summed E-state index contributed by atoms with van der Waals surface area (Å²) in [7, 11) is 0. The Bertz CT molecular complexity index is 2150. The summed E-state index contributed by atoms with van der Waals surface area (Å²) in [6.45, 7) is 0. The predicted octanol–water partition coefficient (Wildman–Crippen LogP) is 17.5. The molecule has 0 aliphatic rings. The fraction of sp³-hybridized carbons (Fsp3) is 0.0270. The van der Waals surface area contributed by atoms with Gasteiger partial charge in [-0.1, -0.05) is 12.1 Å². The summed E-state index contributed by atoms with van der Waals surface area (Å²) in [5, 5.41) is 0. The van der Waals surface area contributed by atoms with Crippen LogP contribution in [0.15, 0.2) is 72.8 Å². The molecule has 0 aliphatic heterocycles. The van der Waals surface area contributed by atoms with E-state index < -0.39 is 0 Å². The van der Waals surface area contributed by atoms with Crippen molar-refractivity contribution in [2.75, 3.05) is 0 Å². The molecule has 6 aromatic rings. The van der Waals surface area contributed by atoms with Gasteiger partial charge in [0.05, 0.1) is 7.14 Å². The molecule has 0 saturated heterocycles. The number of halogens is 14. The van der Waals surface area contributed by atoms with E-state index in [0.717, 1.165) is 35.8 Å². The van der Waals surface area contributed by atoms with Crippen LogP contribution in [0.25, 0.3) is 44.5 Å². The van der Waals surface area contributed by atoms with Gasteiger partial charge in [0.25, 0.3) is 0 Å². The van der Waals surface area contributed by atoms with Gasteiger partial charge < -0.3 is 0 Å². The molecule has 0 aromatic heterocycles. The van der Waals surface area contributed by atoms with E-state index in [9.17, 15) is 8.78 Å². The van der Waals surface area contributed by atoms with Gasteiger partial charge in [0.2, 0.25) is 0 Å². The molecular weight excluding hydrogens is 2010 g/mol. The van der Waals surface area contributed by atoms with Crippen LogP contribution in [0, 0.1) is 54.5 Å². The average molecular weight is 2020 g/mol. The normalized spacial score (nSPS) is 11.4. The third kappa shape index (κ3) is 9.79. The van der Waals surface area contributed by atoms with E-state index in [4.69, 9.17) is 0 Å². The second-order valence-electron chi connectivity index (χ2n) is 11.1. The highest BCUT2D eigenvalue weighted by Gasteiger charge is 2.21. The van der Waals surface area contributed by atoms with Crippen LogP contribution >= 0.6 is 271 Å². The number of hydrogen-bond donors (Lipinski definition) is 0. The van der Waals surface area contributed by atoms with Crippen molar-refractivity contribution in [3.63, 3.8) is 0 Å². The Hall–Kier alpha value is 3.94. The molecule has 0 aliphatic carbocycles. The molecule has 0 atom stereocenters. The highest BCUT2D eigenvalue weighted by atomic mass is 127. The first-order chi connectivity index (χ1) is 24.1. The minimum absolute atomic E-state index is 0.183. The summed E-state index contributed by atoms with van der Waals surface area (Å²) in [6.07, 6.45) is 0.844. The zero-order chi connectivity index (χ0) is 37.0. The smallest absolute Gasteiger partial charge is 0.137 e. The molecule has 0 amide bonds. The van der Waals surface area contributed by atoms with E-state index in [2.05, 4.69) is 320 Å². The molecule has 0 N–H and O–H groups in total. The summed E-state index contributed by atoms with van der Waals surface area (Å²) >= 11 is 28.5. The largest absolute Gasteiger partial charge is 0.206 e. The van der Waals surface area contributed by atoms with E-state index in [1.807, 2.05) is 12.1 Å². The van der Waals surface area contributed by atoms with Gasteiger partial charge in [0.1, 0.15) is 11.6 Å². The molecule has 14 heteroatoms. The minimum atomic E-state index is -0.183. The summed E-state index contributed by atoms with van der Waals surface area (Å²) in [5.41, 5.74) is 11.8. The van der Waals surface area contributed by atoms with Crippen molar-refractivity contribution in [1.29, 1.82) is 0 Å². The Morgan fingerprint density at radius 1 is 0.333 bits per heavy atom. The van der Waals surface area contributed by atoms with Gasteiger partial charge >= 0.3 is 0 Å². The number of hydrogen-bond acceptors (Lipinski definition) is 0. The second kappa shape index (κ2) is 19.1. The van der Waals surface area contributed by atoms with Crippen molar-refractivity contribution in [2.24, 2.45) is 0 Å². The summed E-state index contributed by atoms with van der Waals surface area (Å²) in [5.74, 6) is -0.365. The lowest BCUT2D eigenvalue weighted by atomic mass is 9.96. The fourth-order valence-corrected chi connectivity index (χ4v) is 17.0. The molecule has 51 heavy (non-hydrogen) atoms. The van der Waals surface area contributed by atoms with Crippen molar-refractivity contribution in [3.05, 3.63) is 138 Å². The van der Waals surface area contributed by atoms with Gasteiger partial charge in [-0.05, 0) is 376 Å². The maximum Gasteiger partial charge on any atom is 0.137 e. The molecule has 6 rings (SSSR count). The molecular formula is C37H14F2I12. The molecule has 0 unspecified atom stereocenters. The van der Waals surface area contributed by atoms with Crippen LogP contribution < -0.4 is 0 Å². The highest BCUT2D eigenvalue weighted by Crippen LogP contribution is 2.42. The topological polar surface area (TPSA) is 0 Å². The first-order valence-corrected chi connectivity index (χ1v) is 27.2. The standard InChI is InChI=1S/C37H14F2I12/c38-22-3-1-18(34(48)36(22)50)14-5-28(44)32(29(45)6-14)16-9-24(40)20(25(41)10-16)13-21-26(42)11-17(12-27(21)43)33-30(46)7-15(8-31(33)47)19-2-4-23(39)37(51)35(19)49/h1-12H,13H2. The van der Waals surface area contributed by atoms with Gasteiger partial charge in [-0.15, -0.1) is 0 Å². The summed E-state index contributed by atoms with van der Waals surface area (Å²) < 4.78 is 41.2. The lowest BCUT2D eigenvalue weighted by Gasteiger charge is -2.18. The van der Waals surface area contributed by atoms with E-state index in [-0.39, 0.29) is 11.6 Å². The maximum atomic E-state index is 14.2. The summed E-state index contributed by atoms with van der Waals surface area (Å²) in [6, 6.07) is 25.0. The van der Waals surface area contributed by atoms with Crippen LogP contribution in [0.4, 0.5) is 8.78 Å². The zero-order valence-electron chi connectivity index (χ0n) is 24.9. The van der Waals surface area contributed by atoms with Crippen LogP contribution in [0.1, 0.15) is 11.1 Å². The van der Waals surface area contributed by atoms with Crippen molar-refractivity contribution in [1.82, 2.24) is 0 Å². The third-order valence-corrected chi connectivity index (χ3v) is 21.7. The number of benzene rings is 6. The van der Waals surface area contributed by atoms with Gasteiger partial charge in [-0.25, -0.2) is 8.78 Å². The van der Waals surface area contributed by atoms with Crippen LogP contribution in [0.2, 0.25) is 0 Å². The molecule has 0 nitrogen and oxygen atoms in total. The third-order valence-electron chi connectivity index (χ3n) is 7.99. The zero-order valence-corrected chi connectivity index (χ0v) is 50.8. The lowest BCUT2D eigenvalue weighted by Crippen LogP contribution is -2.03. The Balaban J connectivity index is 1.31. The lowest BCUT2D eigenvalue weighted by molar-refractivity contribution is 0.619. The van der Waals surface area contributed by atoms with Gasteiger partial charge in [-0.2, -0.15) is 0 Å². The Kier molecular flexibility index (Phi) is 16.7. The minimum Gasteiger partial charge on any atom is -0.206 e.